The highest BCUT2D eigenvalue weighted by Gasteiger charge is 2.24. The highest BCUT2D eigenvalue weighted by Crippen LogP contribution is 2.51. The molecule has 0 aromatic heterocycles. The average Bonchev–Trinajstić information content (AvgIpc) is 3.42. The molecule has 9 aromatic rings. The van der Waals surface area contributed by atoms with Gasteiger partial charge in [-0.15, -0.1) is 0 Å². The van der Waals surface area contributed by atoms with Crippen molar-refractivity contribution in [3.63, 3.8) is 0 Å². The molecule has 1 aliphatic rings. The fraction of sp³-hybridized carbons (Fsp3) is 0. The predicted molar refractivity (Wildman–Crippen MR) is 234 cm³/mol. The standard InChI is InChI=1S/C54H37NO/c1-4-13-38(14-5-1)40-23-30-45(31-24-40)55(46-32-25-41(26-33-46)39-15-6-2-7-16-39)47-34-27-42(28-35-47)44-29-36-50-49-19-10-11-20-51(49)54-48(43-17-8-3-9-18-43)21-12-22-52(54)56-53(50)37-44/h1-37H. The van der Waals surface area contributed by atoms with E-state index in [2.05, 4.69) is 229 Å². The van der Waals surface area contributed by atoms with Gasteiger partial charge in [-0.3, -0.25) is 0 Å². The van der Waals surface area contributed by atoms with Crippen LogP contribution in [-0.4, -0.2) is 0 Å². The van der Waals surface area contributed by atoms with Crippen molar-refractivity contribution in [1.82, 2.24) is 0 Å². The molecule has 56 heavy (non-hydrogen) atoms. The predicted octanol–water partition coefficient (Wildman–Crippen LogP) is 15.3. The molecule has 0 aliphatic carbocycles. The zero-order valence-electron chi connectivity index (χ0n) is 30.7. The number of fused-ring (bicyclic) bond motifs is 5. The smallest absolute Gasteiger partial charge is 0.135 e. The summed E-state index contributed by atoms with van der Waals surface area (Å²) in [6, 6.07) is 79.8. The minimum absolute atomic E-state index is 0.849. The summed E-state index contributed by atoms with van der Waals surface area (Å²) < 4.78 is 6.86. The van der Waals surface area contributed by atoms with E-state index in [1.165, 1.54) is 38.9 Å². The van der Waals surface area contributed by atoms with E-state index in [1.807, 2.05) is 0 Å². The summed E-state index contributed by atoms with van der Waals surface area (Å²) in [5.74, 6) is 1.71. The molecular weight excluding hydrogens is 679 g/mol. The Morgan fingerprint density at radius 1 is 0.250 bits per heavy atom. The number of benzene rings is 9. The summed E-state index contributed by atoms with van der Waals surface area (Å²) in [5, 5.41) is 0. The third-order valence-corrected chi connectivity index (χ3v) is 10.7. The Bertz CT molecular complexity index is 2690. The van der Waals surface area contributed by atoms with Crippen LogP contribution in [-0.2, 0) is 0 Å². The Hall–Kier alpha value is -7.42. The first-order valence-electron chi connectivity index (χ1n) is 19.1. The number of rotatable bonds is 7. The van der Waals surface area contributed by atoms with Gasteiger partial charge >= 0.3 is 0 Å². The van der Waals surface area contributed by atoms with Crippen LogP contribution in [0, 0.1) is 0 Å². The van der Waals surface area contributed by atoms with Crippen LogP contribution >= 0.6 is 0 Å². The van der Waals surface area contributed by atoms with Gasteiger partial charge in [0.25, 0.3) is 0 Å². The van der Waals surface area contributed by atoms with Crippen LogP contribution in [0.15, 0.2) is 224 Å². The maximum absolute atomic E-state index is 6.86. The molecule has 0 spiro atoms. The number of ether oxygens (including phenoxy) is 1. The Balaban J connectivity index is 1.02. The largest absolute Gasteiger partial charge is 0.456 e. The number of nitrogens with zero attached hydrogens (tertiary/aromatic N) is 1. The minimum Gasteiger partial charge on any atom is -0.456 e. The Kier molecular flexibility index (Phi) is 8.55. The monoisotopic (exact) mass is 715 g/mol. The molecule has 0 fully saturated rings. The van der Waals surface area contributed by atoms with Crippen LogP contribution in [0.25, 0.3) is 66.8 Å². The lowest BCUT2D eigenvalue weighted by Gasteiger charge is -2.26. The van der Waals surface area contributed by atoms with Crippen molar-refractivity contribution in [3.05, 3.63) is 224 Å². The molecular formula is C54H37NO. The van der Waals surface area contributed by atoms with Crippen molar-refractivity contribution in [2.24, 2.45) is 0 Å². The molecule has 0 radical (unpaired) electrons. The molecule has 2 heteroatoms. The molecule has 0 bridgehead atoms. The summed E-state index contributed by atoms with van der Waals surface area (Å²) in [6.45, 7) is 0. The Morgan fingerprint density at radius 3 is 1.20 bits per heavy atom. The van der Waals surface area contributed by atoms with Gasteiger partial charge in [0.05, 0.1) is 0 Å². The second-order valence-electron chi connectivity index (χ2n) is 14.1. The van der Waals surface area contributed by atoms with Gasteiger partial charge in [-0.05, 0) is 110 Å². The highest BCUT2D eigenvalue weighted by atomic mass is 16.5. The van der Waals surface area contributed by atoms with Crippen LogP contribution in [0.2, 0.25) is 0 Å². The maximum atomic E-state index is 6.86. The van der Waals surface area contributed by atoms with Crippen molar-refractivity contribution in [2.45, 2.75) is 0 Å². The van der Waals surface area contributed by atoms with Crippen molar-refractivity contribution in [1.29, 1.82) is 0 Å². The first kappa shape index (κ1) is 33.2. The Labute approximate surface area is 328 Å². The number of hydrogen-bond donors (Lipinski definition) is 0. The van der Waals surface area contributed by atoms with E-state index in [9.17, 15) is 0 Å². The molecule has 0 N–H and O–H groups in total. The first-order valence-corrected chi connectivity index (χ1v) is 19.1. The van der Waals surface area contributed by atoms with E-state index in [1.54, 1.807) is 0 Å². The van der Waals surface area contributed by atoms with E-state index in [0.717, 1.165) is 56.4 Å². The number of hydrogen-bond acceptors (Lipinski definition) is 2. The summed E-state index contributed by atoms with van der Waals surface area (Å²) in [7, 11) is 0. The summed E-state index contributed by atoms with van der Waals surface area (Å²) >= 11 is 0. The molecule has 10 rings (SSSR count). The van der Waals surface area contributed by atoms with Crippen LogP contribution < -0.4 is 9.64 Å². The lowest BCUT2D eigenvalue weighted by molar-refractivity contribution is 0.488. The highest BCUT2D eigenvalue weighted by molar-refractivity contribution is 5.98. The SMILES string of the molecule is c1ccc(-c2ccc(N(c3ccc(-c4ccccc4)cc3)c3ccc(-c4ccc5c(c4)Oc4cccc(-c6ccccc6)c4-c4ccccc4-5)cc3)cc2)cc1. The fourth-order valence-electron chi connectivity index (χ4n) is 7.93. The molecule has 0 atom stereocenters. The van der Waals surface area contributed by atoms with Crippen molar-refractivity contribution in [3.8, 4) is 78.3 Å². The van der Waals surface area contributed by atoms with Gasteiger partial charge in [0, 0.05) is 28.2 Å². The summed E-state index contributed by atoms with van der Waals surface area (Å²) in [4.78, 5) is 2.33. The third-order valence-electron chi connectivity index (χ3n) is 10.7. The second kappa shape index (κ2) is 14.4. The summed E-state index contributed by atoms with van der Waals surface area (Å²) in [6.07, 6.45) is 0. The van der Waals surface area contributed by atoms with Gasteiger partial charge in [0.15, 0.2) is 0 Å². The third kappa shape index (κ3) is 6.24. The van der Waals surface area contributed by atoms with Gasteiger partial charge in [-0.1, -0.05) is 170 Å². The molecule has 0 saturated carbocycles. The van der Waals surface area contributed by atoms with Gasteiger partial charge in [-0.25, -0.2) is 0 Å². The minimum atomic E-state index is 0.849. The maximum Gasteiger partial charge on any atom is 0.135 e. The van der Waals surface area contributed by atoms with Gasteiger partial charge in [0.2, 0.25) is 0 Å². The average molecular weight is 716 g/mol. The van der Waals surface area contributed by atoms with E-state index in [-0.39, 0.29) is 0 Å². The molecule has 264 valence electrons. The van der Waals surface area contributed by atoms with E-state index in [0.29, 0.717) is 0 Å². The Morgan fingerprint density at radius 2 is 0.661 bits per heavy atom. The molecule has 0 saturated heterocycles. The normalized spacial score (nSPS) is 11.4. The molecule has 2 nitrogen and oxygen atoms in total. The van der Waals surface area contributed by atoms with E-state index in [4.69, 9.17) is 4.74 Å². The van der Waals surface area contributed by atoms with Gasteiger partial charge < -0.3 is 9.64 Å². The van der Waals surface area contributed by atoms with Gasteiger partial charge in [0.1, 0.15) is 11.5 Å². The molecule has 1 aliphatic heterocycles. The van der Waals surface area contributed by atoms with Crippen molar-refractivity contribution >= 4 is 17.1 Å². The lowest BCUT2D eigenvalue weighted by Crippen LogP contribution is -2.09. The zero-order valence-corrected chi connectivity index (χ0v) is 30.7. The molecule has 1 heterocycles. The van der Waals surface area contributed by atoms with Crippen molar-refractivity contribution in [2.75, 3.05) is 4.90 Å². The van der Waals surface area contributed by atoms with Crippen LogP contribution in [0.4, 0.5) is 17.1 Å². The lowest BCUT2D eigenvalue weighted by atomic mass is 9.89. The van der Waals surface area contributed by atoms with E-state index < -0.39 is 0 Å². The van der Waals surface area contributed by atoms with E-state index >= 15 is 0 Å². The quantitative estimate of drug-likeness (QED) is 0.163. The molecule has 9 aromatic carbocycles. The van der Waals surface area contributed by atoms with Crippen LogP contribution in [0.5, 0.6) is 11.5 Å². The van der Waals surface area contributed by atoms with Gasteiger partial charge in [-0.2, -0.15) is 0 Å². The second-order valence-corrected chi connectivity index (χ2v) is 14.1. The summed E-state index contributed by atoms with van der Waals surface area (Å²) in [5.41, 5.74) is 17.1. The van der Waals surface area contributed by atoms with Crippen LogP contribution in [0.3, 0.4) is 0 Å². The number of anilines is 3. The molecule has 0 unspecified atom stereocenters. The first-order chi connectivity index (χ1) is 27.8. The molecule has 0 amide bonds. The topological polar surface area (TPSA) is 12.5 Å². The van der Waals surface area contributed by atoms with Crippen LogP contribution in [0.1, 0.15) is 0 Å². The zero-order chi connectivity index (χ0) is 37.3. The fourth-order valence-corrected chi connectivity index (χ4v) is 7.93. The van der Waals surface area contributed by atoms with Crippen molar-refractivity contribution < 1.29 is 4.74 Å².